The molecule has 0 unspecified atom stereocenters. The lowest BCUT2D eigenvalue weighted by Gasteiger charge is -2.67. The molecule has 86 valence electrons. The van der Waals surface area contributed by atoms with Crippen LogP contribution in [0.25, 0.3) is 0 Å². The third-order valence-corrected chi connectivity index (χ3v) is 4.35. The van der Waals surface area contributed by atoms with Crippen LogP contribution in [0.3, 0.4) is 0 Å². The number of nitrogens with zero attached hydrogens (tertiary/aromatic N) is 1. The van der Waals surface area contributed by atoms with Crippen LogP contribution in [0.2, 0.25) is 0 Å². The number of carbonyl (C=O) groups excluding carboxylic acids is 1. The van der Waals surface area contributed by atoms with Gasteiger partial charge in [-0.3, -0.25) is 4.79 Å². The molecular weight excluding hydrogens is 228 g/mol. The van der Waals surface area contributed by atoms with E-state index in [1.165, 1.54) is 16.7 Å². The number of anilines is 1. The average Bonchev–Trinajstić information content (AvgIpc) is 2.47. The normalized spacial score (nSPS) is 35.1. The second-order valence-corrected chi connectivity index (χ2v) is 5.52. The minimum absolute atomic E-state index is 0.000718. The lowest BCUT2D eigenvalue weighted by molar-refractivity contribution is -0.260. The highest BCUT2D eigenvalue weighted by atomic mass is 32.1. The number of ether oxygens (including phenoxy) is 1. The lowest BCUT2D eigenvalue weighted by atomic mass is 9.41. The van der Waals surface area contributed by atoms with E-state index in [4.69, 9.17) is 9.84 Å². The standard InChI is InChI=1S/C10H12N2O3S/c1-15-10-3-9(4-10,5-10)7(14)12-8-11-6(13)2-16-8/h2,13H,3-5H2,1H3,(H,11,12,14). The molecule has 0 spiro atoms. The fraction of sp³-hybridized carbons (Fsp3) is 0.600. The monoisotopic (exact) mass is 240 g/mol. The first-order valence-corrected chi connectivity index (χ1v) is 5.97. The minimum Gasteiger partial charge on any atom is -0.493 e. The second-order valence-electron chi connectivity index (χ2n) is 4.66. The summed E-state index contributed by atoms with van der Waals surface area (Å²) in [7, 11) is 1.69. The van der Waals surface area contributed by atoms with Gasteiger partial charge in [-0.05, 0) is 19.3 Å². The van der Waals surface area contributed by atoms with Crippen molar-refractivity contribution in [3.63, 3.8) is 0 Å². The van der Waals surface area contributed by atoms with Crippen LogP contribution in [0.5, 0.6) is 5.88 Å². The van der Waals surface area contributed by atoms with Crippen molar-refractivity contribution in [3.8, 4) is 5.88 Å². The van der Waals surface area contributed by atoms with Crippen molar-refractivity contribution in [2.45, 2.75) is 24.9 Å². The zero-order valence-electron chi connectivity index (χ0n) is 8.82. The van der Waals surface area contributed by atoms with Crippen LogP contribution in [0, 0.1) is 5.41 Å². The average molecular weight is 240 g/mol. The molecule has 0 aromatic carbocycles. The van der Waals surface area contributed by atoms with Crippen molar-refractivity contribution in [2.24, 2.45) is 5.41 Å². The van der Waals surface area contributed by atoms with E-state index in [1.807, 2.05) is 0 Å². The highest BCUT2D eigenvalue weighted by Crippen LogP contribution is 2.69. The first-order chi connectivity index (χ1) is 7.57. The highest BCUT2D eigenvalue weighted by molar-refractivity contribution is 7.14. The molecule has 4 rings (SSSR count). The van der Waals surface area contributed by atoms with Gasteiger partial charge in [0.05, 0.1) is 16.4 Å². The number of rotatable bonds is 3. The molecule has 1 amide bonds. The third kappa shape index (κ3) is 1.20. The second kappa shape index (κ2) is 2.95. The predicted octanol–water partition coefficient (Wildman–Crippen LogP) is 1.36. The highest BCUT2D eigenvalue weighted by Gasteiger charge is 2.72. The summed E-state index contributed by atoms with van der Waals surface area (Å²) in [5.41, 5.74) is -0.264. The summed E-state index contributed by atoms with van der Waals surface area (Å²) < 4.78 is 5.34. The van der Waals surface area contributed by atoms with Crippen molar-refractivity contribution in [1.82, 2.24) is 4.98 Å². The van der Waals surface area contributed by atoms with E-state index in [-0.39, 0.29) is 22.8 Å². The number of hydrogen-bond acceptors (Lipinski definition) is 5. The Kier molecular flexibility index (Phi) is 1.85. The molecule has 3 aliphatic rings. The number of nitrogens with one attached hydrogen (secondary N) is 1. The van der Waals surface area contributed by atoms with Crippen LogP contribution < -0.4 is 5.32 Å². The number of amides is 1. The van der Waals surface area contributed by atoms with Crippen LogP contribution >= 0.6 is 11.3 Å². The van der Waals surface area contributed by atoms with Crippen LogP contribution in [-0.2, 0) is 9.53 Å². The number of methoxy groups -OCH3 is 1. The van der Waals surface area contributed by atoms with Gasteiger partial charge in [0, 0.05) is 7.11 Å². The van der Waals surface area contributed by atoms with Crippen molar-refractivity contribution in [1.29, 1.82) is 0 Å². The summed E-state index contributed by atoms with van der Waals surface area (Å²) in [5, 5.41) is 13.7. The Bertz CT molecular complexity index is 437. The maximum absolute atomic E-state index is 11.9. The van der Waals surface area contributed by atoms with Gasteiger partial charge in [0.15, 0.2) is 5.13 Å². The van der Waals surface area contributed by atoms with E-state index >= 15 is 0 Å². The minimum atomic E-state index is -0.239. The molecule has 6 heteroatoms. The number of aromatic hydroxyl groups is 1. The molecule has 1 heterocycles. The zero-order chi connectivity index (χ0) is 11.4. The zero-order valence-corrected chi connectivity index (χ0v) is 9.63. The first-order valence-electron chi connectivity index (χ1n) is 5.09. The maximum Gasteiger partial charge on any atom is 0.232 e. The Morgan fingerprint density at radius 2 is 2.31 bits per heavy atom. The molecular formula is C10H12N2O3S. The Balaban J connectivity index is 1.64. The molecule has 2 bridgehead atoms. The SMILES string of the molecule is COC12CC(C(=O)Nc3nc(O)cs3)(C1)C2. The molecule has 1 aromatic heterocycles. The molecule has 0 saturated heterocycles. The van der Waals surface area contributed by atoms with Gasteiger partial charge >= 0.3 is 0 Å². The van der Waals surface area contributed by atoms with Gasteiger partial charge < -0.3 is 15.2 Å². The summed E-state index contributed by atoms with van der Waals surface area (Å²) in [6, 6.07) is 0. The number of hydrogen-bond donors (Lipinski definition) is 2. The lowest BCUT2D eigenvalue weighted by Crippen LogP contribution is -2.72. The van der Waals surface area contributed by atoms with E-state index in [0.717, 1.165) is 19.3 Å². The molecule has 3 saturated carbocycles. The van der Waals surface area contributed by atoms with Crippen LogP contribution in [0.1, 0.15) is 19.3 Å². The van der Waals surface area contributed by atoms with Gasteiger partial charge in [0.1, 0.15) is 0 Å². The van der Waals surface area contributed by atoms with Crippen LogP contribution in [0.4, 0.5) is 5.13 Å². The quantitative estimate of drug-likeness (QED) is 0.836. The molecule has 0 atom stereocenters. The first kappa shape index (κ1) is 10.0. The smallest absolute Gasteiger partial charge is 0.232 e. The Labute approximate surface area is 96.5 Å². The van der Waals surface area contributed by atoms with Gasteiger partial charge in [-0.25, -0.2) is 0 Å². The molecule has 16 heavy (non-hydrogen) atoms. The number of carbonyl (C=O) groups is 1. The number of thiazole rings is 1. The number of aromatic nitrogens is 1. The molecule has 5 nitrogen and oxygen atoms in total. The molecule has 1 aromatic rings. The third-order valence-electron chi connectivity index (χ3n) is 3.61. The summed E-state index contributed by atoms with van der Waals surface area (Å²) >= 11 is 1.23. The van der Waals surface area contributed by atoms with Crippen LogP contribution in [0.15, 0.2) is 5.38 Å². The summed E-state index contributed by atoms with van der Waals surface area (Å²) in [6.07, 6.45) is 2.42. The van der Waals surface area contributed by atoms with E-state index in [1.54, 1.807) is 7.11 Å². The molecule has 2 N–H and O–H groups in total. The molecule has 0 aliphatic heterocycles. The van der Waals surface area contributed by atoms with Crippen LogP contribution in [-0.4, -0.2) is 28.7 Å². The summed E-state index contributed by atoms with van der Waals surface area (Å²) in [4.78, 5) is 15.7. The molecule has 3 aliphatic carbocycles. The van der Waals surface area contributed by atoms with E-state index in [2.05, 4.69) is 10.3 Å². The largest absolute Gasteiger partial charge is 0.493 e. The topological polar surface area (TPSA) is 71.5 Å². The van der Waals surface area contributed by atoms with Gasteiger partial charge in [-0.15, -0.1) is 11.3 Å². The summed E-state index contributed by atoms with van der Waals surface area (Å²) in [5.74, 6) is -0.0490. The van der Waals surface area contributed by atoms with Gasteiger partial charge in [0.25, 0.3) is 0 Å². The maximum atomic E-state index is 11.9. The van der Waals surface area contributed by atoms with Crippen molar-refractivity contribution >= 4 is 22.4 Å². The predicted molar refractivity (Wildman–Crippen MR) is 58.4 cm³/mol. The molecule has 3 fully saturated rings. The van der Waals surface area contributed by atoms with E-state index < -0.39 is 0 Å². The van der Waals surface area contributed by atoms with Gasteiger partial charge in [-0.1, -0.05) is 0 Å². The van der Waals surface area contributed by atoms with Crippen molar-refractivity contribution in [2.75, 3.05) is 12.4 Å². The van der Waals surface area contributed by atoms with E-state index in [9.17, 15) is 4.79 Å². The van der Waals surface area contributed by atoms with Crippen molar-refractivity contribution in [3.05, 3.63) is 5.38 Å². The fourth-order valence-electron chi connectivity index (χ4n) is 2.70. The fourth-order valence-corrected chi connectivity index (χ4v) is 3.27. The van der Waals surface area contributed by atoms with Gasteiger partial charge in [0.2, 0.25) is 11.8 Å². The Morgan fingerprint density at radius 1 is 1.62 bits per heavy atom. The molecule has 0 radical (unpaired) electrons. The Hall–Kier alpha value is -1.14. The van der Waals surface area contributed by atoms with Gasteiger partial charge in [-0.2, -0.15) is 4.98 Å². The summed E-state index contributed by atoms with van der Waals surface area (Å²) in [6.45, 7) is 0. The van der Waals surface area contributed by atoms with E-state index in [0.29, 0.717) is 5.13 Å². The van der Waals surface area contributed by atoms with Crippen molar-refractivity contribution < 1.29 is 14.6 Å². The Morgan fingerprint density at radius 3 is 2.81 bits per heavy atom.